The lowest BCUT2D eigenvalue weighted by atomic mass is 10.0. The van der Waals surface area contributed by atoms with Gasteiger partial charge in [-0.25, -0.2) is 0 Å². The smallest absolute Gasteiger partial charge is 0.257 e. The third kappa shape index (κ3) is 3.85. The van der Waals surface area contributed by atoms with Crippen LogP contribution in [0.1, 0.15) is 28.9 Å². The largest absolute Gasteiger partial charge is 0.493 e. The van der Waals surface area contributed by atoms with E-state index in [1.807, 2.05) is 0 Å². The molecule has 1 aromatic carbocycles. The predicted molar refractivity (Wildman–Crippen MR) is 97.6 cm³/mol. The number of hydrogen-bond acceptors (Lipinski definition) is 7. The van der Waals surface area contributed by atoms with E-state index in [1.54, 1.807) is 19.1 Å². The summed E-state index contributed by atoms with van der Waals surface area (Å²) in [6, 6.07) is 3.44. The number of carbonyl (C=O) groups excluding carboxylic acids is 1. The maximum atomic E-state index is 12.8. The number of methoxy groups -OCH3 is 3. The van der Waals surface area contributed by atoms with Gasteiger partial charge in [0.2, 0.25) is 5.75 Å². The topological polar surface area (TPSA) is 92.1 Å². The van der Waals surface area contributed by atoms with Crippen LogP contribution in [0.3, 0.4) is 0 Å². The molecule has 1 saturated heterocycles. The minimum atomic E-state index is -0.256. The SMILES string of the molecule is COc1cc(-c2onc(C)c2C(=O)NCC2CCCO2)cc(OC)c1OC. The number of ether oxygens (including phenoxy) is 4. The lowest BCUT2D eigenvalue weighted by molar-refractivity contribution is 0.0857. The minimum Gasteiger partial charge on any atom is -0.493 e. The van der Waals surface area contributed by atoms with Crippen LogP contribution in [-0.2, 0) is 4.74 Å². The fraction of sp³-hybridized carbons (Fsp3) is 0.474. The Kier molecular flexibility index (Phi) is 5.85. The van der Waals surface area contributed by atoms with Crippen LogP contribution in [0.4, 0.5) is 0 Å². The normalized spacial score (nSPS) is 16.2. The average Bonchev–Trinajstić information content (AvgIpc) is 3.34. The zero-order valence-electron chi connectivity index (χ0n) is 16.0. The van der Waals surface area contributed by atoms with Crippen molar-refractivity contribution >= 4 is 5.91 Å². The van der Waals surface area contributed by atoms with E-state index in [2.05, 4.69) is 10.5 Å². The van der Waals surface area contributed by atoms with Crippen molar-refractivity contribution in [3.8, 4) is 28.6 Å². The number of aryl methyl sites for hydroxylation is 1. The highest BCUT2D eigenvalue weighted by Crippen LogP contribution is 2.42. The van der Waals surface area contributed by atoms with Crippen LogP contribution in [0.15, 0.2) is 16.7 Å². The molecule has 8 nitrogen and oxygen atoms in total. The zero-order chi connectivity index (χ0) is 19.4. The molecule has 1 amide bonds. The van der Waals surface area contributed by atoms with Crippen molar-refractivity contribution in [2.24, 2.45) is 0 Å². The summed E-state index contributed by atoms with van der Waals surface area (Å²) in [5, 5.41) is 6.87. The molecule has 1 aliphatic rings. The van der Waals surface area contributed by atoms with Crippen LogP contribution in [-0.4, -0.2) is 51.6 Å². The van der Waals surface area contributed by atoms with E-state index in [9.17, 15) is 4.79 Å². The van der Waals surface area contributed by atoms with Crippen molar-refractivity contribution in [1.82, 2.24) is 10.5 Å². The summed E-state index contributed by atoms with van der Waals surface area (Å²) in [7, 11) is 4.59. The van der Waals surface area contributed by atoms with Gasteiger partial charge in [0, 0.05) is 18.7 Å². The molecule has 3 rings (SSSR count). The molecule has 2 aromatic rings. The van der Waals surface area contributed by atoms with E-state index in [0.717, 1.165) is 19.4 Å². The number of hydrogen-bond donors (Lipinski definition) is 1. The molecule has 146 valence electrons. The molecule has 1 N–H and O–H groups in total. The van der Waals surface area contributed by atoms with Crippen LogP contribution in [0, 0.1) is 6.92 Å². The molecule has 0 spiro atoms. The zero-order valence-corrected chi connectivity index (χ0v) is 16.0. The monoisotopic (exact) mass is 376 g/mol. The van der Waals surface area contributed by atoms with Crippen LogP contribution >= 0.6 is 0 Å². The Morgan fingerprint density at radius 3 is 2.48 bits per heavy atom. The molecule has 8 heteroatoms. The van der Waals surface area contributed by atoms with Gasteiger partial charge in [0.05, 0.1) is 33.1 Å². The number of nitrogens with zero attached hydrogens (tertiary/aromatic N) is 1. The Hall–Kier alpha value is -2.74. The third-order valence-corrected chi connectivity index (χ3v) is 4.53. The summed E-state index contributed by atoms with van der Waals surface area (Å²) < 4.78 is 27.1. The number of carbonyl (C=O) groups is 1. The first-order chi connectivity index (χ1) is 13.1. The van der Waals surface area contributed by atoms with Gasteiger partial charge < -0.3 is 28.8 Å². The maximum Gasteiger partial charge on any atom is 0.257 e. The minimum absolute atomic E-state index is 0.0544. The van der Waals surface area contributed by atoms with Crippen molar-refractivity contribution in [2.45, 2.75) is 25.9 Å². The second kappa shape index (κ2) is 8.30. The molecular weight excluding hydrogens is 352 g/mol. The average molecular weight is 376 g/mol. The highest BCUT2D eigenvalue weighted by molar-refractivity contribution is 6.00. The van der Waals surface area contributed by atoms with Gasteiger partial charge in [-0.2, -0.15) is 0 Å². The molecule has 0 radical (unpaired) electrons. The maximum absolute atomic E-state index is 12.8. The lowest BCUT2D eigenvalue weighted by Crippen LogP contribution is -2.32. The first-order valence-electron chi connectivity index (χ1n) is 8.75. The Morgan fingerprint density at radius 2 is 1.93 bits per heavy atom. The summed E-state index contributed by atoms with van der Waals surface area (Å²) in [5.41, 5.74) is 1.48. The van der Waals surface area contributed by atoms with E-state index in [4.69, 9.17) is 23.5 Å². The van der Waals surface area contributed by atoms with Crippen molar-refractivity contribution in [3.63, 3.8) is 0 Å². The van der Waals surface area contributed by atoms with Crippen molar-refractivity contribution in [3.05, 3.63) is 23.4 Å². The third-order valence-electron chi connectivity index (χ3n) is 4.53. The number of amides is 1. The number of aromatic nitrogens is 1. The summed E-state index contributed by atoms with van der Waals surface area (Å²) in [6.45, 7) is 2.92. The molecule has 0 saturated carbocycles. The Balaban J connectivity index is 1.92. The van der Waals surface area contributed by atoms with Crippen LogP contribution in [0.5, 0.6) is 17.2 Å². The fourth-order valence-electron chi connectivity index (χ4n) is 3.15. The number of rotatable bonds is 7. The van der Waals surface area contributed by atoms with Crippen LogP contribution in [0.2, 0.25) is 0 Å². The van der Waals surface area contributed by atoms with Gasteiger partial charge in [0.25, 0.3) is 5.91 Å². The lowest BCUT2D eigenvalue weighted by Gasteiger charge is -2.14. The highest BCUT2D eigenvalue weighted by atomic mass is 16.5. The van der Waals surface area contributed by atoms with Crippen molar-refractivity contribution in [1.29, 1.82) is 0 Å². The van der Waals surface area contributed by atoms with E-state index < -0.39 is 0 Å². The van der Waals surface area contributed by atoms with Crippen LogP contribution in [0.25, 0.3) is 11.3 Å². The quantitative estimate of drug-likeness (QED) is 0.794. The van der Waals surface area contributed by atoms with Gasteiger partial charge >= 0.3 is 0 Å². The van der Waals surface area contributed by atoms with Crippen LogP contribution < -0.4 is 19.5 Å². The molecular formula is C19H24N2O6. The number of benzene rings is 1. The first-order valence-corrected chi connectivity index (χ1v) is 8.75. The number of nitrogens with one attached hydrogen (secondary N) is 1. The molecule has 1 atom stereocenters. The first kappa shape index (κ1) is 19.0. The molecule has 0 aliphatic carbocycles. The molecule has 1 aliphatic heterocycles. The van der Waals surface area contributed by atoms with E-state index in [1.165, 1.54) is 21.3 Å². The summed E-state index contributed by atoms with van der Waals surface area (Å²) in [5.74, 6) is 1.48. The highest BCUT2D eigenvalue weighted by Gasteiger charge is 2.25. The van der Waals surface area contributed by atoms with Crippen molar-refractivity contribution < 1.29 is 28.3 Å². The Bertz CT molecular complexity index is 786. The summed E-state index contributed by atoms with van der Waals surface area (Å²) in [4.78, 5) is 12.8. The van der Waals surface area contributed by atoms with E-state index >= 15 is 0 Å². The second-order valence-electron chi connectivity index (χ2n) is 6.23. The molecule has 1 unspecified atom stereocenters. The van der Waals surface area contributed by atoms with E-state index in [-0.39, 0.29) is 12.0 Å². The Morgan fingerprint density at radius 1 is 1.22 bits per heavy atom. The van der Waals surface area contributed by atoms with Gasteiger partial charge in [-0.1, -0.05) is 5.16 Å². The molecule has 0 bridgehead atoms. The van der Waals surface area contributed by atoms with Gasteiger partial charge in [0.15, 0.2) is 17.3 Å². The van der Waals surface area contributed by atoms with Gasteiger partial charge in [0.1, 0.15) is 5.56 Å². The van der Waals surface area contributed by atoms with Gasteiger partial charge in [-0.05, 0) is 31.9 Å². The van der Waals surface area contributed by atoms with Gasteiger partial charge in [-0.15, -0.1) is 0 Å². The molecule has 27 heavy (non-hydrogen) atoms. The summed E-state index contributed by atoms with van der Waals surface area (Å²) >= 11 is 0. The predicted octanol–water partition coefficient (Wildman–Crippen LogP) is 2.58. The van der Waals surface area contributed by atoms with E-state index in [0.29, 0.717) is 46.4 Å². The molecule has 2 heterocycles. The second-order valence-corrected chi connectivity index (χ2v) is 6.23. The molecule has 1 aromatic heterocycles. The van der Waals surface area contributed by atoms with Gasteiger partial charge in [-0.3, -0.25) is 4.79 Å². The Labute approximate surface area is 157 Å². The molecule has 1 fully saturated rings. The van der Waals surface area contributed by atoms with Crippen molar-refractivity contribution in [2.75, 3.05) is 34.5 Å². The fourth-order valence-corrected chi connectivity index (χ4v) is 3.15. The standard InChI is InChI=1S/C19H24N2O6/c1-11-16(19(22)20-10-13-6-5-7-26-13)17(27-21-11)12-8-14(23-2)18(25-4)15(9-12)24-3/h8-9,13H,5-7,10H2,1-4H3,(H,20,22). The summed E-state index contributed by atoms with van der Waals surface area (Å²) in [6.07, 6.45) is 2.02.